The second kappa shape index (κ2) is 9.51. The van der Waals surface area contributed by atoms with Gasteiger partial charge in [0.05, 0.1) is 24.3 Å². The Morgan fingerprint density at radius 3 is 2.65 bits per heavy atom. The highest BCUT2D eigenvalue weighted by molar-refractivity contribution is 9.10. The van der Waals surface area contributed by atoms with Crippen molar-refractivity contribution < 1.29 is 9.53 Å². The number of piperidine rings is 1. The first-order valence-corrected chi connectivity index (χ1v) is 11.2. The average molecular weight is 485 g/mol. The van der Waals surface area contributed by atoms with Crippen molar-refractivity contribution in [3.8, 4) is 5.75 Å². The SMILES string of the molecule is COc1ccc(N2CCC(NC(=O)CCn3cnc4ccc(Br)cc4c3=O)CC2)cc1. The average Bonchev–Trinajstić information content (AvgIpc) is 2.79. The van der Waals surface area contributed by atoms with Crippen LogP contribution in [-0.4, -0.2) is 41.7 Å². The lowest BCUT2D eigenvalue weighted by atomic mass is 10.0. The Morgan fingerprint density at radius 2 is 1.94 bits per heavy atom. The summed E-state index contributed by atoms with van der Waals surface area (Å²) in [5.74, 6) is 0.809. The molecule has 0 bridgehead atoms. The number of nitrogens with zero attached hydrogens (tertiary/aromatic N) is 3. The first kappa shape index (κ1) is 21.4. The summed E-state index contributed by atoms with van der Waals surface area (Å²) in [6.45, 7) is 2.09. The van der Waals surface area contributed by atoms with E-state index in [2.05, 4.69) is 43.3 Å². The molecule has 0 saturated carbocycles. The van der Waals surface area contributed by atoms with Crippen molar-refractivity contribution >= 4 is 38.4 Å². The Labute approximate surface area is 189 Å². The van der Waals surface area contributed by atoms with Crippen LogP contribution < -0.4 is 20.5 Å². The smallest absolute Gasteiger partial charge is 0.261 e. The number of aryl methyl sites for hydroxylation is 1. The molecule has 8 heteroatoms. The van der Waals surface area contributed by atoms with E-state index in [0.29, 0.717) is 17.4 Å². The van der Waals surface area contributed by atoms with Crippen LogP contribution in [0.2, 0.25) is 0 Å². The fraction of sp³-hybridized carbons (Fsp3) is 0.348. The number of aromatic nitrogens is 2. The Balaban J connectivity index is 1.28. The molecule has 1 saturated heterocycles. The van der Waals surface area contributed by atoms with Gasteiger partial charge in [0.25, 0.3) is 5.56 Å². The van der Waals surface area contributed by atoms with Crippen molar-refractivity contribution in [2.45, 2.75) is 31.8 Å². The number of halogens is 1. The zero-order valence-corrected chi connectivity index (χ0v) is 19.0. The van der Waals surface area contributed by atoms with Crippen LogP contribution in [0.5, 0.6) is 5.75 Å². The van der Waals surface area contributed by atoms with Crippen molar-refractivity contribution in [2.24, 2.45) is 0 Å². The number of nitrogens with one attached hydrogen (secondary N) is 1. The zero-order chi connectivity index (χ0) is 21.8. The second-order valence-corrected chi connectivity index (χ2v) is 8.60. The van der Waals surface area contributed by atoms with Gasteiger partial charge in [-0.25, -0.2) is 4.98 Å². The third-order valence-electron chi connectivity index (χ3n) is 5.66. The van der Waals surface area contributed by atoms with Crippen LogP contribution in [0, 0.1) is 0 Å². The Bertz CT molecular complexity index is 1120. The van der Waals surface area contributed by atoms with E-state index in [1.165, 1.54) is 16.6 Å². The molecule has 1 aromatic heterocycles. The molecule has 1 aliphatic rings. The first-order valence-electron chi connectivity index (χ1n) is 10.4. The van der Waals surface area contributed by atoms with Gasteiger partial charge >= 0.3 is 0 Å². The third-order valence-corrected chi connectivity index (χ3v) is 6.16. The molecule has 2 heterocycles. The molecular weight excluding hydrogens is 460 g/mol. The van der Waals surface area contributed by atoms with Crippen LogP contribution in [0.4, 0.5) is 5.69 Å². The maximum Gasteiger partial charge on any atom is 0.261 e. The summed E-state index contributed by atoms with van der Waals surface area (Å²) in [5, 5.41) is 3.66. The van der Waals surface area contributed by atoms with E-state index in [1.807, 2.05) is 18.2 Å². The van der Waals surface area contributed by atoms with E-state index in [4.69, 9.17) is 4.74 Å². The molecule has 0 spiro atoms. The summed E-state index contributed by atoms with van der Waals surface area (Å²) in [6, 6.07) is 13.6. The second-order valence-electron chi connectivity index (χ2n) is 7.68. The van der Waals surface area contributed by atoms with Crippen molar-refractivity contribution in [3.05, 3.63) is 63.6 Å². The molecule has 0 unspecified atom stereocenters. The lowest BCUT2D eigenvalue weighted by molar-refractivity contribution is -0.122. The number of carbonyl (C=O) groups excluding carboxylic acids is 1. The fourth-order valence-corrected chi connectivity index (χ4v) is 4.25. The summed E-state index contributed by atoms with van der Waals surface area (Å²) in [5.41, 5.74) is 1.69. The largest absolute Gasteiger partial charge is 0.497 e. The maximum atomic E-state index is 12.7. The highest BCUT2D eigenvalue weighted by atomic mass is 79.9. The van der Waals surface area contributed by atoms with Crippen LogP contribution in [0.25, 0.3) is 10.9 Å². The van der Waals surface area contributed by atoms with Crippen molar-refractivity contribution in [1.82, 2.24) is 14.9 Å². The molecule has 3 aromatic rings. The predicted molar refractivity (Wildman–Crippen MR) is 125 cm³/mol. The van der Waals surface area contributed by atoms with E-state index in [9.17, 15) is 9.59 Å². The lowest BCUT2D eigenvalue weighted by Crippen LogP contribution is -2.45. The molecule has 1 aliphatic heterocycles. The highest BCUT2D eigenvalue weighted by Gasteiger charge is 2.21. The number of hydrogen-bond acceptors (Lipinski definition) is 5. The number of hydrogen-bond donors (Lipinski definition) is 1. The van der Waals surface area contributed by atoms with Gasteiger partial charge in [0, 0.05) is 42.3 Å². The molecule has 31 heavy (non-hydrogen) atoms. The van der Waals surface area contributed by atoms with Crippen molar-refractivity contribution in [1.29, 1.82) is 0 Å². The molecule has 1 N–H and O–H groups in total. The molecule has 0 atom stereocenters. The summed E-state index contributed by atoms with van der Waals surface area (Å²) in [7, 11) is 1.66. The van der Waals surface area contributed by atoms with E-state index >= 15 is 0 Å². The van der Waals surface area contributed by atoms with Crippen LogP contribution in [0.1, 0.15) is 19.3 Å². The van der Waals surface area contributed by atoms with Crippen molar-refractivity contribution in [3.63, 3.8) is 0 Å². The summed E-state index contributed by atoms with van der Waals surface area (Å²) in [4.78, 5) is 31.7. The van der Waals surface area contributed by atoms with Gasteiger partial charge in [-0.05, 0) is 55.3 Å². The minimum atomic E-state index is -0.133. The number of fused-ring (bicyclic) bond motifs is 1. The topological polar surface area (TPSA) is 76.5 Å². The first-order chi connectivity index (χ1) is 15.0. The zero-order valence-electron chi connectivity index (χ0n) is 17.4. The third kappa shape index (κ3) is 5.07. The number of anilines is 1. The van der Waals surface area contributed by atoms with Crippen LogP contribution in [-0.2, 0) is 11.3 Å². The molecule has 1 fully saturated rings. The molecule has 1 amide bonds. The number of carbonyl (C=O) groups is 1. The van der Waals surface area contributed by atoms with Gasteiger partial charge in [-0.15, -0.1) is 0 Å². The molecule has 162 valence electrons. The predicted octanol–water partition coefficient (Wildman–Crippen LogP) is 3.34. The van der Waals surface area contributed by atoms with Crippen LogP contribution in [0.3, 0.4) is 0 Å². The van der Waals surface area contributed by atoms with E-state index < -0.39 is 0 Å². The van der Waals surface area contributed by atoms with E-state index in [-0.39, 0.29) is 23.9 Å². The van der Waals surface area contributed by atoms with Gasteiger partial charge in [0.15, 0.2) is 0 Å². The normalized spacial score (nSPS) is 14.6. The quantitative estimate of drug-likeness (QED) is 0.580. The van der Waals surface area contributed by atoms with E-state index in [1.54, 1.807) is 19.2 Å². The Hall–Kier alpha value is -2.87. The van der Waals surface area contributed by atoms with Gasteiger partial charge in [0.1, 0.15) is 5.75 Å². The number of rotatable bonds is 6. The van der Waals surface area contributed by atoms with Gasteiger partial charge in [-0.3, -0.25) is 14.2 Å². The van der Waals surface area contributed by atoms with Gasteiger partial charge in [-0.2, -0.15) is 0 Å². The lowest BCUT2D eigenvalue weighted by Gasteiger charge is -2.34. The summed E-state index contributed by atoms with van der Waals surface area (Å²) >= 11 is 3.38. The van der Waals surface area contributed by atoms with Crippen molar-refractivity contribution in [2.75, 3.05) is 25.1 Å². The van der Waals surface area contributed by atoms with E-state index in [0.717, 1.165) is 36.2 Å². The molecular formula is C23H25BrN4O3. The molecule has 2 aromatic carbocycles. The fourth-order valence-electron chi connectivity index (χ4n) is 3.89. The summed E-state index contributed by atoms with van der Waals surface area (Å²) in [6.07, 6.45) is 3.55. The molecule has 0 aliphatic carbocycles. The minimum Gasteiger partial charge on any atom is -0.497 e. The number of methoxy groups -OCH3 is 1. The van der Waals surface area contributed by atoms with Gasteiger partial charge < -0.3 is 15.0 Å². The number of ether oxygens (including phenoxy) is 1. The molecule has 0 radical (unpaired) electrons. The standard InChI is InChI=1S/C23H25BrN4O3/c1-31-19-5-3-18(4-6-19)27-11-8-17(9-12-27)26-22(29)10-13-28-15-25-21-7-2-16(24)14-20(21)23(28)30/h2-7,14-15,17H,8-13H2,1H3,(H,26,29). The Morgan fingerprint density at radius 1 is 1.19 bits per heavy atom. The van der Waals surface area contributed by atoms with Gasteiger partial charge in [-0.1, -0.05) is 15.9 Å². The Kier molecular flexibility index (Phi) is 6.56. The molecule has 7 nitrogen and oxygen atoms in total. The maximum absolute atomic E-state index is 12.7. The molecule has 4 rings (SSSR count). The summed E-state index contributed by atoms with van der Waals surface area (Å²) < 4.78 is 7.54. The van der Waals surface area contributed by atoms with Crippen LogP contribution in [0.15, 0.2) is 58.1 Å². The number of benzene rings is 2. The van der Waals surface area contributed by atoms with Gasteiger partial charge in [0.2, 0.25) is 5.91 Å². The number of amides is 1. The minimum absolute atomic E-state index is 0.0378. The van der Waals surface area contributed by atoms with Crippen LogP contribution >= 0.6 is 15.9 Å². The monoisotopic (exact) mass is 484 g/mol. The highest BCUT2D eigenvalue weighted by Crippen LogP contribution is 2.23.